The van der Waals surface area contributed by atoms with Crippen molar-refractivity contribution in [2.45, 2.75) is 4.90 Å². The van der Waals surface area contributed by atoms with Gasteiger partial charge in [0, 0.05) is 23.2 Å². The van der Waals surface area contributed by atoms with Crippen molar-refractivity contribution in [1.29, 1.82) is 0 Å². The first-order valence-corrected chi connectivity index (χ1v) is 9.33. The molecule has 0 saturated carbocycles. The first-order valence-electron chi connectivity index (χ1n) is 8.34. The van der Waals surface area contributed by atoms with E-state index >= 15 is 0 Å². The molecular formula is C18H17N5O3S. The largest absolute Gasteiger partial charge is 0.486 e. The zero-order valence-electron chi connectivity index (χ0n) is 14.6. The SMILES string of the molecule is Cn1nnnc1-c1cccc(NC(=O)CSc2ccc3c(c2)OCCO3)c1. The highest BCUT2D eigenvalue weighted by Crippen LogP contribution is 2.34. The number of carbonyl (C=O) groups is 1. The van der Waals surface area contributed by atoms with Gasteiger partial charge in [0.1, 0.15) is 13.2 Å². The summed E-state index contributed by atoms with van der Waals surface area (Å²) in [5.41, 5.74) is 1.53. The fourth-order valence-corrected chi connectivity index (χ4v) is 3.39. The molecule has 0 unspecified atom stereocenters. The number of thioether (sulfide) groups is 1. The molecule has 2 aromatic carbocycles. The summed E-state index contributed by atoms with van der Waals surface area (Å²) in [7, 11) is 1.77. The summed E-state index contributed by atoms with van der Waals surface area (Å²) in [6.07, 6.45) is 0. The maximum atomic E-state index is 12.3. The van der Waals surface area contributed by atoms with E-state index in [2.05, 4.69) is 20.8 Å². The zero-order chi connectivity index (χ0) is 18.6. The number of nitrogens with one attached hydrogen (secondary N) is 1. The van der Waals surface area contributed by atoms with E-state index in [0.29, 0.717) is 24.7 Å². The van der Waals surface area contributed by atoms with Gasteiger partial charge in [0.15, 0.2) is 17.3 Å². The van der Waals surface area contributed by atoms with Gasteiger partial charge in [-0.25, -0.2) is 4.68 Å². The molecule has 0 aliphatic carbocycles. The number of ether oxygens (including phenoxy) is 2. The third-order valence-electron chi connectivity index (χ3n) is 3.91. The Bertz CT molecular complexity index is 975. The van der Waals surface area contributed by atoms with Gasteiger partial charge in [-0.3, -0.25) is 4.79 Å². The highest BCUT2D eigenvalue weighted by Gasteiger charge is 2.13. The Morgan fingerprint density at radius 3 is 2.85 bits per heavy atom. The van der Waals surface area contributed by atoms with Gasteiger partial charge in [-0.1, -0.05) is 12.1 Å². The number of anilines is 1. The summed E-state index contributed by atoms with van der Waals surface area (Å²) in [5, 5.41) is 14.3. The number of tetrazole rings is 1. The van der Waals surface area contributed by atoms with Crippen LogP contribution >= 0.6 is 11.8 Å². The Kier molecular flexibility index (Phi) is 4.93. The van der Waals surface area contributed by atoms with Crippen LogP contribution in [0.1, 0.15) is 0 Å². The molecule has 0 fully saturated rings. The summed E-state index contributed by atoms with van der Waals surface area (Å²) < 4.78 is 12.7. The smallest absolute Gasteiger partial charge is 0.234 e. The van der Waals surface area contributed by atoms with Crippen molar-refractivity contribution in [3.05, 3.63) is 42.5 Å². The average molecular weight is 383 g/mol. The van der Waals surface area contributed by atoms with Crippen molar-refractivity contribution in [3.63, 3.8) is 0 Å². The minimum atomic E-state index is -0.0943. The van der Waals surface area contributed by atoms with Gasteiger partial charge in [-0.2, -0.15) is 0 Å². The molecule has 27 heavy (non-hydrogen) atoms. The van der Waals surface area contributed by atoms with Crippen molar-refractivity contribution in [2.75, 3.05) is 24.3 Å². The summed E-state index contributed by atoms with van der Waals surface area (Å²) >= 11 is 1.44. The van der Waals surface area contributed by atoms with Crippen molar-refractivity contribution < 1.29 is 14.3 Å². The van der Waals surface area contributed by atoms with E-state index in [1.165, 1.54) is 11.8 Å². The lowest BCUT2D eigenvalue weighted by Gasteiger charge is -2.18. The van der Waals surface area contributed by atoms with Crippen LogP contribution in [-0.2, 0) is 11.8 Å². The number of amides is 1. The molecule has 3 aromatic rings. The van der Waals surface area contributed by atoms with Crippen LogP contribution < -0.4 is 14.8 Å². The number of carbonyl (C=O) groups excluding carboxylic acids is 1. The lowest BCUT2D eigenvalue weighted by atomic mass is 10.2. The van der Waals surface area contributed by atoms with E-state index in [4.69, 9.17) is 9.47 Å². The van der Waals surface area contributed by atoms with Gasteiger partial charge < -0.3 is 14.8 Å². The molecule has 0 radical (unpaired) electrons. The molecular weight excluding hydrogens is 366 g/mol. The normalized spacial score (nSPS) is 12.6. The van der Waals surface area contributed by atoms with Gasteiger partial charge in [-0.05, 0) is 40.8 Å². The molecule has 1 aliphatic heterocycles. The van der Waals surface area contributed by atoms with Crippen LogP contribution in [0.25, 0.3) is 11.4 Å². The lowest BCUT2D eigenvalue weighted by Crippen LogP contribution is -2.15. The molecule has 0 bridgehead atoms. The van der Waals surface area contributed by atoms with Crippen molar-refractivity contribution in [3.8, 4) is 22.9 Å². The van der Waals surface area contributed by atoms with E-state index in [0.717, 1.165) is 22.0 Å². The second kappa shape index (κ2) is 7.67. The van der Waals surface area contributed by atoms with Gasteiger partial charge >= 0.3 is 0 Å². The number of nitrogens with zero attached hydrogens (tertiary/aromatic N) is 4. The van der Waals surface area contributed by atoms with Crippen LogP contribution in [0.5, 0.6) is 11.5 Å². The molecule has 1 amide bonds. The fraction of sp³-hybridized carbons (Fsp3) is 0.222. The Morgan fingerprint density at radius 2 is 2.04 bits per heavy atom. The van der Waals surface area contributed by atoms with Crippen LogP contribution in [0, 0.1) is 0 Å². The summed E-state index contributed by atoms with van der Waals surface area (Å²) in [6.45, 7) is 1.10. The monoisotopic (exact) mass is 383 g/mol. The quantitative estimate of drug-likeness (QED) is 0.676. The fourth-order valence-electron chi connectivity index (χ4n) is 2.67. The van der Waals surface area contributed by atoms with Gasteiger partial charge in [-0.15, -0.1) is 16.9 Å². The summed E-state index contributed by atoms with van der Waals surface area (Å²) in [6, 6.07) is 13.1. The van der Waals surface area contributed by atoms with Crippen molar-refractivity contribution >= 4 is 23.4 Å². The zero-order valence-corrected chi connectivity index (χ0v) is 15.4. The molecule has 2 heterocycles. The average Bonchev–Trinajstić information content (AvgIpc) is 3.12. The minimum absolute atomic E-state index is 0.0943. The highest BCUT2D eigenvalue weighted by atomic mass is 32.2. The van der Waals surface area contributed by atoms with E-state index in [9.17, 15) is 4.79 Å². The number of aryl methyl sites for hydroxylation is 1. The second-order valence-corrected chi connectivity index (χ2v) is 6.90. The van der Waals surface area contributed by atoms with E-state index in [-0.39, 0.29) is 11.7 Å². The lowest BCUT2D eigenvalue weighted by molar-refractivity contribution is -0.113. The molecule has 4 rings (SSSR count). The second-order valence-electron chi connectivity index (χ2n) is 5.85. The molecule has 9 heteroatoms. The van der Waals surface area contributed by atoms with Crippen LogP contribution in [-0.4, -0.2) is 45.1 Å². The molecule has 0 saturated heterocycles. The molecule has 0 atom stereocenters. The molecule has 8 nitrogen and oxygen atoms in total. The van der Waals surface area contributed by atoms with E-state index in [1.54, 1.807) is 11.7 Å². The first-order chi connectivity index (χ1) is 13.2. The minimum Gasteiger partial charge on any atom is -0.486 e. The first kappa shape index (κ1) is 17.3. The maximum absolute atomic E-state index is 12.3. The number of rotatable bonds is 5. The molecule has 1 aliphatic rings. The van der Waals surface area contributed by atoms with E-state index in [1.807, 2.05) is 42.5 Å². The topological polar surface area (TPSA) is 91.2 Å². The van der Waals surface area contributed by atoms with Gasteiger partial charge in [0.2, 0.25) is 5.91 Å². The van der Waals surface area contributed by atoms with Crippen LogP contribution in [0.2, 0.25) is 0 Å². The molecule has 1 aromatic heterocycles. The van der Waals surface area contributed by atoms with Crippen molar-refractivity contribution in [1.82, 2.24) is 20.2 Å². The summed E-state index contributed by atoms with van der Waals surface area (Å²) in [5.74, 6) is 2.29. The third kappa shape index (κ3) is 4.03. The predicted octanol–water partition coefficient (Wildman–Crippen LogP) is 2.38. The number of fused-ring (bicyclic) bond motifs is 1. The number of hydrogen-bond acceptors (Lipinski definition) is 7. The predicted molar refractivity (Wildman–Crippen MR) is 101 cm³/mol. The Balaban J connectivity index is 1.38. The maximum Gasteiger partial charge on any atom is 0.234 e. The van der Waals surface area contributed by atoms with Crippen LogP contribution in [0.15, 0.2) is 47.4 Å². The number of benzene rings is 2. The van der Waals surface area contributed by atoms with Gasteiger partial charge in [0.05, 0.1) is 5.75 Å². The van der Waals surface area contributed by atoms with Crippen molar-refractivity contribution in [2.24, 2.45) is 7.05 Å². The van der Waals surface area contributed by atoms with Crippen LogP contribution in [0.4, 0.5) is 5.69 Å². The Labute approximate surface area is 159 Å². The van der Waals surface area contributed by atoms with Gasteiger partial charge in [0.25, 0.3) is 0 Å². The number of aromatic nitrogens is 4. The third-order valence-corrected chi connectivity index (χ3v) is 4.90. The van der Waals surface area contributed by atoms with E-state index < -0.39 is 0 Å². The Hall–Kier alpha value is -3.07. The standard InChI is InChI=1S/C18H17N5O3S/c1-23-18(20-21-22-23)12-3-2-4-13(9-12)19-17(24)11-27-14-5-6-15-16(10-14)26-8-7-25-15/h2-6,9-10H,7-8,11H2,1H3,(H,19,24). The Morgan fingerprint density at radius 1 is 1.19 bits per heavy atom. The van der Waals surface area contributed by atoms with Crippen LogP contribution in [0.3, 0.4) is 0 Å². The number of hydrogen-bond donors (Lipinski definition) is 1. The molecule has 138 valence electrons. The molecule has 0 spiro atoms. The highest BCUT2D eigenvalue weighted by molar-refractivity contribution is 8.00. The summed E-state index contributed by atoms with van der Waals surface area (Å²) in [4.78, 5) is 13.3. The molecule has 1 N–H and O–H groups in total.